The normalized spacial score (nSPS) is 37.4. The number of alkyl halides is 1. The molecule has 0 spiro atoms. The van der Waals surface area contributed by atoms with Gasteiger partial charge in [-0.05, 0) is 25.7 Å². The molecule has 3 atom stereocenters. The molecule has 4 nitrogen and oxygen atoms in total. The summed E-state index contributed by atoms with van der Waals surface area (Å²) < 4.78 is 30.7. The summed E-state index contributed by atoms with van der Waals surface area (Å²) in [6.45, 7) is 0. The van der Waals surface area contributed by atoms with Crippen LogP contribution in [0.3, 0.4) is 0 Å². The molecule has 2 rings (SSSR count). The van der Waals surface area contributed by atoms with Crippen LogP contribution in [0, 0.1) is 0 Å². The first-order valence-corrected chi connectivity index (χ1v) is 7.01. The minimum atomic E-state index is -3.31. The molecular weight excluding hydrogens is 226 g/mol. The topological polar surface area (TPSA) is 55.4 Å². The number of halogens is 1. The molecule has 0 amide bonds. The molecule has 2 bridgehead atoms. The molecule has 0 aromatic rings. The number of fused-ring (bicyclic) bond motifs is 2. The fourth-order valence-electron chi connectivity index (χ4n) is 2.19. The highest BCUT2D eigenvalue weighted by Gasteiger charge is 2.38. The molecule has 2 heterocycles. The summed E-state index contributed by atoms with van der Waals surface area (Å²) in [6.07, 6.45) is 4.25. The number of nitrogens with one attached hydrogen (secondary N) is 1. The molecule has 2 saturated heterocycles. The lowest BCUT2D eigenvalue weighted by atomic mass is 10.1. The summed E-state index contributed by atoms with van der Waals surface area (Å²) in [4.78, 5) is 0. The van der Waals surface area contributed by atoms with Crippen molar-refractivity contribution in [1.29, 1.82) is 0 Å². The van der Waals surface area contributed by atoms with Gasteiger partial charge in [-0.15, -0.1) is 11.6 Å². The number of hydrogen-bond donors (Lipinski definition) is 1. The van der Waals surface area contributed by atoms with Crippen LogP contribution in [0.2, 0.25) is 0 Å². The van der Waals surface area contributed by atoms with Crippen LogP contribution in [-0.4, -0.2) is 31.9 Å². The highest BCUT2D eigenvalue weighted by atomic mass is 35.5. The smallest absolute Gasteiger partial charge is 0.225 e. The second-order valence-electron chi connectivity index (χ2n) is 3.90. The van der Waals surface area contributed by atoms with E-state index < -0.39 is 10.0 Å². The van der Waals surface area contributed by atoms with Gasteiger partial charge in [0.2, 0.25) is 10.0 Å². The Balaban J connectivity index is 1.98. The molecule has 6 heteroatoms. The molecular formula is C8H14ClNO3S. The molecule has 1 N–H and O–H groups in total. The Morgan fingerprint density at radius 2 is 2.00 bits per heavy atom. The highest BCUT2D eigenvalue weighted by Crippen LogP contribution is 2.32. The Bertz CT molecular complexity index is 306. The first-order chi connectivity index (χ1) is 6.61. The summed E-state index contributed by atoms with van der Waals surface area (Å²) in [6, 6.07) is -0.0718. The molecule has 0 aromatic carbocycles. The fourth-order valence-corrected chi connectivity index (χ4v) is 3.17. The molecule has 14 heavy (non-hydrogen) atoms. The van der Waals surface area contributed by atoms with Gasteiger partial charge in [0.1, 0.15) is 5.21 Å². The zero-order valence-corrected chi connectivity index (χ0v) is 9.35. The van der Waals surface area contributed by atoms with Crippen molar-refractivity contribution >= 4 is 21.6 Å². The standard InChI is InChI=1S/C8H14ClNO3S/c9-5-14(11,12)10-7-3-1-6-2-4-8(7)13-6/h6-8,10H,1-5H2. The Morgan fingerprint density at radius 3 is 2.71 bits per heavy atom. The SMILES string of the molecule is O=S(=O)(CCl)NC1CCC2CCC1O2. The van der Waals surface area contributed by atoms with Crippen LogP contribution < -0.4 is 4.72 Å². The van der Waals surface area contributed by atoms with Gasteiger partial charge in [-0.2, -0.15) is 0 Å². The second kappa shape index (κ2) is 3.96. The van der Waals surface area contributed by atoms with Crippen molar-refractivity contribution in [3.63, 3.8) is 0 Å². The predicted octanol–water partition coefficient (Wildman–Crippen LogP) is 0.812. The van der Waals surface area contributed by atoms with E-state index in [4.69, 9.17) is 16.3 Å². The third-order valence-corrected chi connectivity index (χ3v) is 4.67. The summed E-state index contributed by atoms with van der Waals surface area (Å²) >= 11 is 5.32. The molecule has 0 radical (unpaired) electrons. The van der Waals surface area contributed by atoms with Crippen LogP contribution in [0.25, 0.3) is 0 Å². The summed E-state index contributed by atoms with van der Waals surface area (Å²) in [5.74, 6) is 0. The Kier molecular flexibility index (Phi) is 3.02. The van der Waals surface area contributed by atoms with Crippen LogP contribution in [0.4, 0.5) is 0 Å². The largest absolute Gasteiger partial charge is 0.373 e. The third kappa shape index (κ3) is 2.21. The fraction of sp³-hybridized carbons (Fsp3) is 1.00. The van der Waals surface area contributed by atoms with Crippen LogP contribution in [-0.2, 0) is 14.8 Å². The number of hydrogen-bond acceptors (Lipinski definition) is 3. The van der Waals surface area contributed by atoms with Crippen LogP contribution in [0.5, 0.6) is 0 Å². The van der Waals surface area contributed by atoms with Gasteiger partial charge in [0, 0.05) is 6.04 Å². The van der Waals surface area contributed by atoms with Gasteiger partial charge in [0.15, 0.2) is 0 Å². The maximum absolute atomic E-state index is 11.2. The lowest BCUT2D eigenvalue weighted by Gasteiger charge is -2.29. The van der Waals surface area contributed by atoms with Crippen molar-refractivity contribution in [2.45, 2.75) is 43.9 Å². The molecule has 3 unspecified atom stereocenters. The van der Waals surface area contributed by atoms with Crippen molar-refractivity contribution in [3.05, 3.63) is 0 Å². The lowest BCUT2D eigenvalue weighted by Crippen LogP contribution is -2.46. The summed E-state index contributed by atoms with van der Waals surface area (Å²) in [7, 11) is -3.31. The zero-order chi connectivity index (χ0) is 10.2. The van der Waals surface area contributed by atoms with Gasteiger partial charge in [-0.1, -0.05) is 0 Å². The van der Waals surface area contributed by atoms with Gasteiger partial charge in [0.25, 0.3) is 0 Å². The van der Waals surface area contributed by atoms with E-state index in [-0.39, 0.29) is 17.4 Å². The summed E-state index contributed by atoms with van der Waals surface area (Å²) in [5, 5.41) is -0.375. The second-order valence-corrected chi connectivity index (χ2v) is 6.24. The van der Waals surface area contributed by atoms with Crippen LogP contribution in [0.1, 0.15) is 25.7 Å². The molecule has 2 aliphatic rings. The van der Waals surface area contributed by atoms with Gasteiger partial charge >= 0.3 is 0 Å². The lowest BCUT2D eigenvalue weighted by molar-refractivity contribution is -0.0108. The van der Waals surface area contributed by atoms with E-state index in [1.54, 1.807) is 0 Å². The highest BCUT2D eigenvalue weighted by molar-refractivity contribution is 7.90. The van der Waals surface area contributed by atoms with E-state index in [2.05, 4.69) is 4.72 Å². The number of sulfonamides is 1. The van der Waals surface area contributed by atoms with Gasteiger partial charge < -0.3 is 4.74 Å². The first kappa shape index (κ1) is 10.7. The van der Waals surface area contributed by atoms with Gasteiger partial charge in [0.05, 0.1) is 12.2 Å². The monoisotopic (exact) mass is 239 g/mol. The third-order valence-electron chi connectivity index (χ3n) is 2.86. The minimum Gasteiger partial charge on any atom is -0.373 e. The molecule has 0 aromatic heterocycles. The van der Waals surface area contributed by atoms with Crippen molar-refractivity contribution in [3.8, 4) is 0 Å². The Labute approximate surface area is 89.0 Å². The van der Waals surface area contributed by atoms with E-state index in [1.165, 1.54) is 0 Å². The maximum Gasteiger partial charge on any atom is 0.225 e. The van der Waals surface area contributed by atoms with Crippen molar-refractivity contribution < 1.29 is 13.2 Å². The van der Waals surface area contributed by atoms with Crippen molar-refractivity contribution in [2.24, 2.45) is 0 Å². The van der Waals surface area contributed by atoms with E-state index in [0.717, 1.165) is 25.7 Å². The zero-order valence-electron chi connectivity index (χ0n) is 7.78. The maximum atomic E-state index is 11.2. The van der Waals surface area contributed by atoms with E-state index >= 15 is 0 Å². The molecule has 0 saturated carbocycles. The van der Waals surface area contributed by atoms with Crippen LogP contribution in [0.15, 0.2) is 0 Å². The average molecular weight is 240 g/mol. The summed E-state index contributed by atoms with van der Waals surface area (Å²) in [5.41, 5.74) is 0. The average Bonchev–Trinajstić information content (AvgIpc) is 2.54. The van der Waals surface area contributed by atoms with Gasteiger partial charge in [-0.25, -0.2) is 13.1 Å². The number of ether oxygens (including phenoxy) is 1. The first-order valence-electron chi connectivity index (χ1n) is 4.82. The number of rotatable bonds is 3. The van der Waals surface area contributed by atoms with E-state index in [9.17, 15) is 8.42 Å². The Hall–Kier alpha value is 0.160. The van der Waals surface area contributed by atoms with E-state index in [0.29, 0.717) is 6.10 Å². The molecule has 2 aliphatic heterocycles. The molecule has 0 aliphatic carbocycles. The van der Waals surface area contributed by atoms with Crippen LogP contribution >= 0.6 is 11.6 Å². The van der Waals surface area contributed by atoms with Crippen molar-refractivity contribution in [1.82, 2.24) is 4.72 Å². The minimum absolute atomic E-state index is 0.0618. The predicted molar refractivity (Wildman–Crippen MR) is 53.7 cm³/mol. The molecule has 2 fully saturated rings. The molecule has 82 valence electrons. The van der Waals surface area contributed by atoms with E-state index in [1.807, 2.05) is 0 Å². The Morgan fingerprint density at radius 1 is 1.29 bits per heavy atom. The quantitative estimate of drug-likeness (QED) is 0.742. The van der Waals surface area contributed by atoms with Crippen molar-refractivity contribution in [2.75, 3.05) is 5.21 Å². The van der Waals surface area contributed by atoms with Gasteiger partial charge in [-0.3, -0.25) is 0 Å².